The summed E-state index contributed by atoms with van der Waals surface area (Å²) in [5, 5.41) is 4.15. The first-order chi connectivity index (χ1) is 12.2. The van der Waals surface area contributed by atoms with Crippen molar-refractivity contribution in [3.8, 4) is 17.0 Å². The molecule has 1 aromatic carbocycles. The van der Waals surface area contributed by atoms with Gasteiger partial charge in [0.2, 0.25) is 5.91 Å². The molecule has 0 radical (unpaired) electrons. The molecule has 6 nitrogen and oxygen atoms in total. The van der Waals surface area contributed by atoms with Crippen LogP contribution in [0.5, 0.6) is 5.75 Å². The van der Waals surface area contributed by atoms with E-state index in [1.165, 1.54) is 0 Å². The zero-order valence-corrected chi connectivity index (χ0v) is 14.4. The second-order valence-corrected chi connectivity index (χ2v) is 6.96. The summed E-state index contributed by atoms with van der Waals surface area (Å²) in [5.41, 5.74) is 1.81. The Morgan fingerprint density at radius 2 is 2.24 bits per heavy atom. The molecule has 1 spiro atoms. The maximum Gasteiger partial charge on any atom is 0.223 e. The third-order valence-electron chi connectivity index (χ3n) is 5.20. The van der Waals surface area contributed by atoms with Crippen molar-refractivity contribution in [1.82, 2.24) is 10.1 Å². The van der Waals surface area contributed by atoms with Crippen molar-refractivity contribution < 1.29 is 18.8 Å². The standard InChI is InChI=1S/C19H22N2O4/c1-23-15-4-2-3-14(9-15)17-10-16(25-20-17)11-21-12-19(6-5-18(21)22)7-8-24-13-19/h2-4,9-10H,5-8,11-13H2,1H3/t19-/m1/s1. The number of carbonyl (C=O) groups excluding carboxylic acids is 1. The smallest absolute Gasteiger partial charge is 0.223 e. The molecule has 4 rings (SSSR count). The van der Waals surface area contributed by atoms with Crippen LogP contribution in [0.25, 0.3) is 11.3 Å². The fourth-order valence-electron chi connectivity index (χ4n) is 3.71. The fraction of sp³-hybridized carbons (Fsp3) is 0.474. The molecule has 2 fully saturated rings. The van der Waals surface area contributed by atoms with Gasteiger partial charge in [0.1, 0.15) is 11.4 Å². The highest BCUT2D eigenvalue weighted by Gasteiger charge is 2.41. The van der Waals surface area contributed by atoms with Crippen LogP contribution in [-0.4, -0.2) is 42.8 Å². The quantitative estimate of drug-likeness (QED) is 0.855. The Labute approximate surface area is 146 Å². The van der Waals surface area contributed by atoms with Gasteiger partial charge in [0.05, 0.1) is 20.3 Å². The lowest BCUT2D eigenvalue weighted by molar-refractivity contribution is -0.138. The van der Waals surface area contributed by atoms with Crippen molar-refractivity contribution in [1.29, 1.82) is 0 Å². The van der Waals surface area contributed by atoms with Gasteiger partial charge in [0, 0.05) is 36.6 Å². The van der Waals surface area contributed by atoms with Crippen LogP contribution in [0.1, 0.15) is 25.0 Å². The number of methoxy groups -OCH3 is 1. The SMILES string of the molecule is COc1cccc(-c2cc(CN3C[C@]4(CCOC4)CCC3=O)on2)c1. The van der Waals surface area contributed by atoms with E-state index in [0.29, 0.717) is 18.7 Å². The van der Waals surface area contributed by atoms with E-state index in [0.717, 1.165) is 49.6 Å². The number of likely N-dealkylation sites (tertiary alicyclic amines) is 1. The van der Waals surface area contributed by atoms with Gasteiger partial charge in [-0.15, -0.1) is 0 Å². The average Bonchev–Trinajstić information content (AvgIpc) is 3.29. The highest BCUT2D eigenvalue weighted by Crippen LogP contribution is 2.38. The zero-order valence-electron chi connectivity index (χ0n) is 14.4. The topological polar surface area (TPSA) is 64.8 Å². The molecule has 0 unspecified atom stereocenters. The first kappa shape index (κ1) is 16.1. The van der Waals surface area contributed by atoms with Gasteiger partial charge in [0.25, 0.3) is 0 Å². The molecule has 2 saturated heterocycles. The van der Waals surface area contributed by atoms with Gasteiger partial charge in [-0.3, -0.25) is 4.79 Å². The van der Waals surface area contributed by atoms with E-state index in [9.17, 15) is 4.79 Å². The van der Waals surface area contributed by atoms with E-state index in [2.05, 4.69) is 5.16 Å². The maximum atomic E-state index is 12.3. The summed E-state index contributed by atoms with van der Waals surface area (Å²) in [7, 11) is 1.64. The average molecular weight is 342 g/mol. The minimum atomic E-state index is 0.129. The van der Waals surface area contributed by atoms with E-state index in [4.69, 9.17) is 14.0 Å². The summed E-state index contributed by atoms with van der Waals surface area (Å²) in [6.07, 6.45) is 2.54. The summed E-state index contributed by atoms with van der Waals surface area (Å²) in [6, 6.07) is 9.58. The summed E-state index contributed by atoms with van der Waals surface area (Å²) in [5.74, 6) is 1.65. The van der Waals surface area contributed by atoms with E-state index < -0.39 is 0 Å². The Hall–Kier alpha value is -2.34. The molecule has 6 heteroatoms. The highest BCUT2D eigenvalue weighted by molar-refractivity contribution is 5.77. The molecule has 2 aromatic rings. The molecule has 0 N–H and O–H groups in total. The molecule has 3 heterocycles. The lowest BCUT2D eigenvalue weighted by Gasteiger charge is -2.38. The van der Waals surface area contributed by atoms with Gasteiger partial charge >= 0.3 is 0 Å². The number of nitrogens with zero attached hydrogens (tertiary/aromatic N) is 2. The summed E-state index contributed by atoms with van der Waals surface area (Å²) in [6.45, 7) is 2.74. The number of carbonyl (C=O) groups is 1. The van der Waals surface area contributed by atoms with E-state index in [-0.39, 0.29) is 11.3 Å². The lowest BCUT2D eigenvalue weighted by atomic mass is 9.79. The number of benzene rings is 1. The van der Waals surface area contributed by atoms with Crippen LogP contribution < -0.4 is 4.74 Å². The Kier molecular flexibility index (Phi) is 4.21. The molecule has 0 bridgehead atoms. The number of hydrogen-bond donors (Lipinski definition) is 0. The molecule has 132 valence electrons. The highest BCUT2D eigenvalue weighted by atomic mass is 16.5. The maximum absolute atomic E-state index is 12.3. The van der Waals surface area contributed by atoms with E-state index in [1.807, 2.05) is 35.2 Å². The van der Waals surface area contributed by atoms with E-state index >= 15 is 0 Å². The van der Waals surface area contributed by atoms with Crippen molar-refractivity contribution in [2.45, 2.75) is 25.8 Å². The van der Waals surface area contributed by atoms with Crippen LogP contribution in [0.15, 0.2) is 34.9 Å². The van der Waals surface area contributed by atoms with Gasteiger partial charge < -0.3 is 18.9 Å². The Bertz CT molecular complexity index is 764. The molecular weight excluding hydrogens is 320 g/mol. The Morgan fingerprint density at radius 3 is 3.04 bits per heavy atom. The van der Waals surface area contributed by atoms with Gasteiger partial charge in [0.15, 0.2) is 5.76 Å². The predicted molar refractivity (Wildman–Crippen MR) is 91.0 cm³/mol. The Balaban J connectivity index is 1.49. The molecule has 2 aliphatic heterocycles. The first-order valence-corrected chi connectivity index (χ1v) is 8.63. The third-order valence-corrected chi connectivity index (χ3v) is 5.20. The molecule has 25 heavy (non-hydrogen) atoms. The summed E-state index contributed by atoms with van der Waals surface area (Å²) in [4.78, 5) is 14.2. The fourth-order valence-corrected chi connectivity index (χ4v) is 3.71. The Morgan fingerprint density at radius 1 is 1.32 bits per heavy atom. The van der Waals surface area contributed by atoms with Gasteiger partial charge in [-0.05, 0) is 25.0 Å². The van der Waals surface area contributed by atoms with Gasteiger partial charge in [-0.2, -0.15) is 0 Å². The normalized spacial score (nSPS) is 23.4. The largest absolute Gasteiger partial charge is 0.497 e. The first-order valence-electron chi connectivity index (χ1n) is 8.63. The molecule has 0 aliphatic carbocycles. The number of ether oxygens (including phenoxy) is 2. The summed E-state index contributed by atoms with van der Waals surface area (Å²) >= 11 is 0. The molecule has 1 atom stereocenters. The monoisotopic (exact) mass is 342 g/mol. The van der Waals surface area contributed by atoms with Crippen LogP contribution in [-0.2, 0) is 16.1 Å². The van der Waals surface area contributed by atoms with Crippen molar-refractivity contribution >= 4 is 5.91 Å². The number of amides is 1. The van der Waals surface area contributed by atoms with Crippen LogP contribution >= 0.6 is 0 Å². The predicted octanol–water partition coefficient (Wildman–Crippen LogP) is 2.88. The number of rotatable bonds is 4. The van der Waals surface area contributed by atoms with Crippen molar-refractivity contribution in [3.63, 3.8) is 0 Å². The molecule has 1 amide bonds. The van der Waals surface area contributed by atoms with E-state index in [1.54, 1.807) is 7.11 Å². The van der Waals surface area contributed by atoms with Crippen molar-refractivity contribution in [2.75, 3.05) is 26.9 Å². The minimum absolute atomic E-state index is 0.129. The zero-order chi connectivity index (χ0) is 17.3. The second-order valence-electron chi connectivity index (χ2n) is 6.96. The molecule has 2 aliphatic rings. The van der Waals surface area contributed by atoms with Crippen LogP contribution in [0.4, 0.5) is 0 Å². The minimum Gasteiger partial charge on any atom is -0.497 e. The van der Waals surface area contributed by atoms with Gasteiger partial charge in [-0.1, -0.05) is 17.3 Å². The number of hydrogen-bond acceptors (Lipinski definition) is 5. The molecule has 0 saturated carbocycles. The summed E-state index contributed by atoms with van der Waals surface area (Å²) < 4.78 is 16.3. The number of piperidine rings is 1. The number of aromatic nitrogens is 1. The van der Waals surface area contributed by atoms with Crippen LogP contribution in [0.3, 0.4) is 0 Å². The van der Waals surface area contributed by atoms with Crippen molar-refractivity contribution in [3.05, 3.63) is 36.1 Å². The van der Waals surface area contributed by atoms with Crippen LogP contribution in [0, 0.1) is 5.41 Å². The lowest BCUT2D eigenvalue weighted by Crippen LogP contribution is -2.46. The molecule has 1 aromatic heterocycles. The van der Waals surface area contributed by atoms with Crippen molar-refractivity contribution in [2.24, 2.45) is 5.41 Å². The van der Waals surface area contributed by atoms with Crippen LogP contribution in [0.2, 0.25) is 0 Å². The third kappa shape index (κ3) is 3.26. The van der Waals surface area contributed by atoms with Gasteiger partial charge in [-0.25, -0.2) is 0 Å². The molecular formula is C19H22N2O4. The second kappa shape index (κ2) is 6.52.